The number of aliphatic carboxylic acids is 1. The minimum Gasteiger partial charge on any atom is -0.480 e. The van der Waals surface area contributed by atoms with Crippen molar-refractivity contribution < 1.29 is 14.7 Å². The molecule has 5 nitrogen and oxygen atoms in total. The Morgan fingerprint density at radius 2 is 1.72 bits per heavy atom. The normalized spacial score (nSPS) is 12.1. The molecular weight excluding hydrogens is 252 g/mol. The molecule has 0 heterocycles. The van der Waals surface area contributed by atoms with Crippen LogP contribution in [0.2, 0.25) is 0 Å². The van der Waals surface area contributed by atoms with Crippen molar-refractivity contribution in [2.45, 2.75) is 50.8 Å². The Balaban J connectivity index is 4.50. The number of nitrogens with one attached hydrogen (secondary N) is 2. The highest BCUT2D eigenvalue weighted by atomic mass is 32.2. The van der Waals surface area contributed by atoms with Crippen molar-refractivity contribution >= 4 is 23.8 Å². The average molecular weight is 276 g/mol. The van der Waals surface area contributed by atoms with Crippen LogP contribution >= 0.6 is 11.8 Å². The lowest BCUT2D eigenvalue weighted by Gasteiger charge is -2.29. The Kier molecular flexibility index (Phi) is 6.52. The number of thioether (sulfide) groups is 1. The van der Waals surface area contributed by atoms with E-state index in [0.717, 1.165) is 0 Å². The summed E-state index contributed by atoms with van der Waals surface area (Å²) in [5.41, 5.74) is -1.17. The molecule has 3 N–H and O–H groups in total. The summed E-state index contributed by atoms with van der Waals surface area (Å²) in [6.45, 7) is 8.03. The first-order chi connectivity index (χ1) is 8.23. The quantitative estimate of drug-likeness (QED) is 0.665. The maximum Gasteiger partial charge on any atom is 0.329 e. The molecule has 6 heteroatoms. The Labute approximate surface area is 113 Å². The van der Waals surface area contributed by atoms with Crippen LogP contribution in [0.4, 0.5) is 4.79 Å². The smallest absolute Gasteiger partial charge is 0.329 e. The Morgan fingerprint density at radius 1 is 1.22 bits per heavy atom. The number of carbonyl (C=O) groups excluding carboxylic acids is 1. The lowest BCUT2D eigenvalue weighted by molar-refractivity contribution is -0.144. The molecule has 0 aromatic rings. The zero-order valence-electron chi connectivity index (χ0n) is 11.8. The summed E-state index contributed by atoms with van der Waals surface area (Å²) < 4.78 is -0.0678. The van der Waals surface area contributed by atoms with Crippen LogP contribution in [0.1, 0.15) is 40.5 Å². The molecule has 0 aliphatic rings. The summed E-state index contributed by atoms with van der Waals surface area (Å²) in [5, 5.41) is 14.5. The van der Waals surface area contributed by atoms with Gasteiger partial charge in [-0.15, -0.1) is 0 Å². The summed E-state index contributed by atoms with van der Waals surface area (Å²) in [6.07, 6.45) is 2.69. The van der Waals surface area contributed by atoms with Crippen LogP contribution < -0.4 is 10.6 Å². The highest BCUT2D eigenvalue weighted by Crippen LogP contribution is 2.20. The van der Waals surface area contributed by atoms with Gasteiger partial charge in [-0.1, -0.05) is 13.8 Å². The second kappa shape index (κ2) is 6.87. The van der Waals surface area contributed by atoms with E-state index in [4.69, 9.17) is 0 Å². The van der Waals surface area contributed by atoms with E-state index in [1.165, 1.54) is 0 Å². The molecule has 0 fully saturated rings. The first-order valence-electron chi connectivity index (χ1n) is 6.07. The SMILES string of the molecule is CCC(CC)(NC(=O)NCC(C)(C)SC)C(=O)O. The predicted octanol–water partition coefficient (Wildman–Crippen LogP) is 2.07. The molecular formula is C12H24N2O3S. The van der Waals surface area contributed by atoms with Crippen molar-refractivity contribution in [2.24, 2.45) is 0 Å². The van der Waals surface area contributed by atoms with Gasteiger partial charge in [0.1, 0.15) is 5.54 Å². The fourth-order valence-corrected chi connectivity index (χ4v) is 1.63. The van der Waals surface area contributed by atoms with Gasteiger partial charge in [0, 0.05) is 11.3 Å². The average Bonchev–Trinajstić information content (AvgIpc) is 2.33. The first kappa shape index (κ1) is 17.1. The Morgan fingerprint density at radius 3 is 2.06 bits per heavy atom. The molecule has 18 heavy (non-hydrogen) atoms. The van der Waals surface area contributed by atoms with Crippen LogP contribution in [0.25, 0.3) is 0 Å². The second-order valence-electron chi connectivity index (χ2n) is 4.87. The lowest BCUT2D eigenvalue weighted by Crippen LogP contribution is -2.57. The molecule has 0 saturated carbocycles. The van der Waals surface area contributed by atoms with Crippen molar-refractivity contribution in [3.05, 3.63) is 0 Å². The molecule has 0 bridgehead atoms. The molecule has 0 saturated heterocycles. The number of rotatable bonds is 7. The van der Waals surface area contributed by atoms with Crippen LogP contribution in [0.15, 0.2) is 0 Å². The summed E-state index contributed by atoms with van der Waals surface area (Å²) in [7, 11) is 0. The molecule has 0 atom stereocenters. The van der Waals surface area contributed by atoms with Gasteiger partial charge in [0.05, 0.1) is 0 Å². The monoisotopic (exact) mass is 276 g/mol. The minimum absolute atomic E-state index is 0.0678. The molecule has 0 aromatic carbocycles. The third-order valence-corrected chi connectivity index (χ3v) is 4.45. The molecule has 2 amide bonds. The zero-order chi connectivity index (χ0) is 14.4. The van der Waals surface area contributed by atoms with Gasteiger partial charge in [-0.2, -0.15) is 11.8 Å². The van der Waals surface area contributed by atoms with Crippen LogP contribution in [0, 0.1) is 0 Å². The van der Waals surface area contributed by atoms with Gasteiger partial charge in [-0.05, 0) is 32.9 Å². The Hall–Kier alpha value is -0.910. The first-order valence-corrected chi connectivity index (χ1v) is 7.30. The molecule has 0 radical (unpaired) electrons. The van der Waals surface area contributed by atoms with E-state index in [2.05, 4.69) is 10.6 Å². The molecule has 0 spiro atoms. The predicted molar refractivity (Wildman–Crippen MR) is 75.1 cm³/mol. The van der Waals surface area contributed by atoms with E-state index in [1.807, 2.05) is 20.1 Å². The van der Waals surface area contributed by atoms with Crippen LogP contribution in [0.5, 0.6) is 0 Å². The third-order valence-electron chi connectivity index (χ3n) is 3.20. The van der Waals surface area contributed by atoms with Gasteiger partial charge in [0.2, 0.25) is 0 Å². The maximum atomic E-state index is 11.7. The van der Waals surface area contributed by atoms with E-state index in [1.54, 1.807) is 25.6 Å². The molecule has 0 aromatic heterocycles. The van der Waals surface area contributed by atoms with E-state index >= 15 is 0 Å². The second-order valence-corrected chi connectivity index (χ2v) is 6.38. The number of carboxylic acid groups (broad SMARTS) is 1. The molecule has 0 aliphatic heterocycles. The number of carbonyl (C=O) groups is 2. The fraction of sp³-hybridized carbons (Fsp3) is 0.833. The van der Waals surface area contributed by atoms with Gasteiger partial charge in [-0.3, -0.25) is 0 Å². The third kappa shape index (κ3) is 4.76. The molecule has 0 rings (SSSR count). The van der Waals surface area contributed by atoms with Crippen molar-refractivity contribution in [3.63, 3.8) is 0 Å². The molecule has 0 unspecified atom stereocenters. The zero-order valence-corrected chi connectivity index (χ0v) is 12.6. The minimum atomic E-state index is -1.17. The summed E-state index contributed by atoms with van der Waals surface area (Å²) in [5.74, 6) is -0.994. The summed E-state index contributed by atoms with van der Waals surface area (Å²) >= 11 is 1.65. The highest BCUT2D eigenvalue weighted by Gasteiger charge is 2.36. The van der Waals surface area contributed by atoms with E-state index in [9.17, 15) is 14.7 Å². The van der Waals surface area contributed by atoms with Crippen molar-refractivity contribution in [3.8, 4) is 0 Å². The standard InChI is InChI=1S/C12H24N2O3S/c1-6-12(7-2,9(15)16)14-10(17)13-8-11(3,4)18-5/h6-8H2,1-5H3,(H,15,16)(H2,13,14,17). The van der Waals surface area contributed by atoms with Gasteiger partial charge in [0.25, 0.3) is 0 Å². The van der Waals surface area contributed by atoms with Gasteiger partial charge < -0.3 is 15.7 Å². The number of amides is 2. The number of hydrogen-bond acceptors (Lipinski definition) is 3. The van der Waals surface area contributed by atoms with Crippen molar-refractivity contribution in [1.29, 1.82) is 0 Å². The van der Waals surface area contributed by atoms with Gasteiger partial charge in [-0.25, -0.2) is 9.59 Å². The number of hydrogen-bond donors (Lipinski definition) is 3. The fourth-order valence-electron chi connectivity index (χ4n) is 1.41. The molecule has 0 aliphatic carbocycles. The number of urea groups is 1. The Bertz CT molecular complexity index is 302. The van der Waals surface area contributed by atoms with Crippen molar-refractivity contribution in [2.75, 3.05) is 12.8 Å². The van der Waals surface area contributed by atoms with Crippen LogP contribution in [-0.4, -0.2) is 40.2 Å². The summed E-state index contributed by atoms with van der Waals surface area (Å²) in [4.78, 5) is 23.0. The van der Waals surface area contributed by atoms with Gasteiger partial charge >= 0.3 is 12.0 Å². The van der Waals surface area contributed by atoms with Crippen LogP contribution in [0.3, 0.4) is 0 Å². The van der Waals surface area contributed by atoms with E-state index in [0.29, 0.717) is 19.4 Å². The topological polar surface area (TPSA) is 78.4 Å². The van der Waals surface area contributed by atoms with Crippen molar-refractivity contribution in [1.82, 2.24) is 10.6 Å². The van der Waals surface area contributed by atoms with Gasteiger partial charge in [0.15, 0.2) is 0 Å². The molecule has 106 valence electrons. The highest BCUT2D eigenvalue weighted by molar-refractivity contribution is 7.99. The summed E-state index contributed by atoms with van der Waals surface area (Å²) in [6, 6.07) is -0.428. The van der Waals surface area contributed by atoms with Crippen LogP contribution in [-0.2, 0) is 4.79 Å². The lowest BCUT2D eigenvalue weighted by atomic mass is 9.93. The number of carboxylic acids is 1. The maximum absolute atomic E-state index is 11.7. The van der Waals surface area contributed by atoms with E-state index < -0.39 is 17.5 Å². The van der Waals surface area contributed by atoms with E-state index in [-0.39, 0.29) is 4.75 Å². The largest absolute Gasteiger partial charge is 0.480 e.